The topological polar surface area (TPSA) is 117 Å². The van der Waals surface area contributed by atoms with Gasteiger partial charge in [0.15, 0.2) is 5.78 Å². The van der Waals surface area contributed by atoms with Gasteiger partial charge in [0.05, 0.1) is 12.6 Å². The van der Waals surface area contributed by atoms with E-state index in [0.29, 0.717) is 18.8 Å². The van der Waals surface area contributed by atoms with Crippen LogP contribution in [0, 0.1) is 11.8 Å². The SMILES string of the molecule is CN[C@@H](CC(C)C)C(=O)N1CC(=O)[C@@H](NC(=O)[C@H](CC(C)C)NC(=O)OCc2ccccc2)C1. The van der Waals surface area contributed by atoms with Crippen molar-refractivity contribution < 1.29 is 23.9 Å². The first-order chi connectivity index (χ1) is 16.1. The molecule has 3 N–H and O–H groups in total. The molecule has 0 aliphatic carbocycles. The Hall–Kier alpha value is -2.94. The number of hydrogen-bond acceptors (Lipinski definition) is 6. The van der Waals surface area contributed by atoms with Crippen molar-refractivity contribution >= 4 is 23.7 Å². The third kappa shape index (κ3) is 8.44. The molecule has 9 heteroatoms. The molecular weight excluding hydrogens is 436 g/mol. The van der Waals surface area contributed by atoms with Gasteiger partial charge in [0.25, 0.3) is 0 Å². The summed E-state index contributed by atoms with van der Waals surface area (Å²) in [5.41, 5.74) is 0.834. The number of carbonyl (C=O) groups excluding carboxylic acids is 4. The van der Waals surface area contributed by atoms with Crippen molar-refractivity contribution in [1.29, 1.82) is 0 Å². The average molecular weight is 475 g/mol. The van der Waals surface area contributed by atoms with Gasteiger partial charge in [-0.3, -0.25) is 14.4 Å². The highest BCUT2D eigenvalue weighted by Gasteiger charge is 2.38. The summed E-state index contributed by atoms with van der Waals surface area (Å²) in [6.07, 6.45) is 0.332. The van der Waals surface area contributed by atoms with Gasteiger partial charge >= 0.3 is 6.09 Å². The van der Waals surface area contributed by atoms with Gasteiger partial charge in [-0.1, -0.05) is 58.0 Å². The van der Waals surface area contributed by atoms with Crippen molar-refractivity contribution in [1.82, 2.24) is 20.9 Å². The zero-order valence-corrected chi connectivity index (χ0v) is 20.8. The maximum atomic E-state index is 13.0. The van der Waals surface area contributed by atoms with Crippen molar-refractivity contribution in [2.75, 3.05) is 20.1 Å². The van der Waals surface area contributed by atoms with Crippen LogP contribution in [0.5, 0.6) is 0 Å². The standard InChI is InChI=1S/C25H38N4O5/c1-16(2)11-19(28-25(33)34-15-18-9-7-6-8-10-18)23(31)27-21-13-29(14-22(21)30)24(32)20(26-5)12-17(3)4/h6-10,16-17,19-21,26H,11-15H2,1-5H3,(H,27,31)(H,28,33)/t19-,20-,21-/m0/s1. The van der Waals surface area contributed by atoms with Gasteiger partial charge in [0.1, 0.15) is 18.7 Å². The molecule has 1 aromatic rings. The summed E-state index contributed by atoms with van der Waals surface area (Å²) in [4.78, 5) is 52.1. The number of amides is 3. The summed E-state index contributed by atoms with van der Waals surface area (Å²) in [5.74, 6) is -0.404. The molecule has 1 saturated heterocycles. The number of carbonyl (C=O) groups is 4. The molecule has 3 amide bonds. The monoisotopic (exact) mass is 474 g/mol. The number of Topliss-reactive ketones (excluding diaryl/α,β-unsaturated/α-hetero) is 1. The number of benzene rings is 1. The summed E-state index contributed by atoms with van der Waals surface area (Å²) < 4.78 is 5.24. The van der Waals surface area contributed by atoms with E-state index in [1.165, 1.54) is 4.90 Å². The quantitative estimate of drug-likeness (QED) is 0.451. The number of alkyl carbamates (subject to hydrolysis) is 1. The molecule has 0 spiro atoms. The number of ketones is 1. The molecule has 2 rings (SSSR count). The third-order valence-electron chi connectivity index (χ3n) is 5.65. The fourth-order valence-electron chi connectivity index (χ4n) is 3.90. The Kier molecular flexibility index (Phi) is 10.5. The van der Waals surface area contributed by atoms with E-state index < -0.39 is 24.1 Å². The Labute approximate surface area is 202 Å². The van der Waals surface area contributed by atoms with E-state index in [0.717, 1.165) is 5.56 Å². The summed E-state index contributed by atoms with van der Waals surface area (Å²) in [7, 11) is 1.72. The Balaban J connectivity index is 1.95. The second-order valence-electron chi connectivity index (χ2n) is 9.61. The average Bonchev–Trinajstić information content (AvgIpc) is 3.15. The number of likely N-dealkylation sites (N-methyl/N-ethyl adjacent to an activating group) is 1. The van der Waals surface area contributed by atoms with Gasteiger partial charge in [-0.2, -0.15) is 0 Å². The van der Waals surface area contributed by atoms with Gasteiger partial charge in [0, 0.05) is 6.54 Å². The smallest absolute Gasteiger partial charge is 0.408 e. The van der Waals surface area contributed by atoms with Crippen molar-refractivity contribution in [3.63, 3.8) is 0 Å². The molecule has 0 saturated carbocycles. The van der Waals surface area contributed by atoms with Crippen LogP contribution >= 0.6 is 0 Å². The minimum absolute atomic E-state index is 0.0402. The Morgan fingerprint density at radius 2 is 1.65 bits per heavy atom. The van der Waals surface area contributed by atoms with Crippen LogP contribution in [0.1, 0.15) is 46.1 Å². The largest absolute Gasteiger partial charge is 0.445 e. The molecule has 0 aromatic heterocycles. The normalized spacial score (nSPS) is 17.6. The highest BCUT2D eigenvalue weighted by molar-refractivity contribution is 5.98. The number of nitrogens with zero attached hydrogens (tertiary/aromatic N) is 1. The number of likely N-dealkylation sites (tertiary alicyclic amines) is 1. The van der Waals surface area contributed by atoms with E-state index in [1.807, 2.05) is 58.0 Å². The first-order valence-corrected chi connectivity index (χ1v) is 11.9. The first kappa shape index (κ1) is 27.3. The summed E-state index contributed by atoms with van der Waals surface area (Å²) >= 11 is 0. The molecule has 0 bridgehead atoms. The highest BCUT2D eigenvalue weighted by atomic mass is 16.5. The van der Waals surface area contributed by atoms with E-state index >= 15 is 0 Å². The molecule has 1 heterocycles. The van der Waals surface area contributed by atoms with Crippen molar-refractivity contribution in [3.05, 3.63) is 35.9 Å². The predicted molar refractivity (Wildman–Crippen MR) is 129 cm³/mol. The lowest BCUT2D eigenvalue weighted by atomic mass is 10.0. The molecule has 0 radical (unpaired) electrons. The maximum Gasteiger partial charge on any atom is 0.408 e. The molecule has 1 aromatic carbocycles. The second-order valence-corrected chi connectivity index (χ2v) is 9.61. The number of nitrogens with one attached hydrogen (secondary N) is 3. The molecule has 1 aliphatic rings. The van der Waals surface area contributed by atoms with Crippen LogP contribution < -0.4 is 16.0 Å². The number of rotatable bonds is 11. The Morgan fingerprint density at radius 1 is 1.03 bits per heavy atom. The summed E-state index contributed by atoms with van der Waals surface area (Å²) in [6, 6.07) is 7.21. The van der Waals surface area contributed by atoms with Crippen LogP contribution in [0.4, 0.5) is 4.79 Å². The molecule has 34 heavy (non-hydrogen) atoms. The lowest BCUT2D eigenvalue weighted by Crippen LogP contribution is -2.52. The minimum Gasteiger partial charge on any atom is -0.445 e. The lowest BCUT2D eigenvalue weighted by molar-refractivity contribution is -0.134. The molecular formula is C25H38N4O5. The number of hydrogen-bond donors (Lipinski definition) is 3. The van der Waals surface area contributed by atoms with E-state index in [2.05, 4.69) is 16.0 Å². The van der Waals surface area contributed by atoms with E-state index in [9.17, 15) is 19.2 Å². The van der Waals surface area contributed by atoms with Gasteiger partial charge in [-0.05, 0) is 37.3 Å². The second kappa shape index (κ2) is 13.1. The number of ether oxygens (including phenoxy) is 1. The maximum absolute atomic E-state index is 13.0. The van der Waals surface area contributed by atoms with Gasteiger partial charge in [-0.25, -0.2) is 4.79 Å². The third-order valence-corrected chi connectivity index (χ3v) is 5.65. The van der Waals surface area contributed by atoms with Crippen LogP contribution in [0.3, 0.4) is 0 Å². The molecule has 3 atom stereocenters. The van der Waals surface area contributed by atoms with Crippen LogP contribution in [0.15, 0.2) is 30.3 Å². The van der Waals surface area contributed by atoms with Crippen LogP contribution in [0.2, 0.25) is 0 Å². The van der Waals surface area contributed by atoms with E-state index in [1.54, 1.807) is 7.05 Å². The molecule has 1 aliphatic heterocycles. The lowest BCUT2D eigenvalue weighted by Gasteiger charge is -2.24. The zero-order valence-electron chi connectivity index (χ0n) is 20.8. The summed E-state index contributed by atoms with van der Waals surface area (Å²) in [6.45, 7) is 8.10. The van der Waals surface area contributed by atoms with Crippen molar-refractivity contribution in [2.24, 2.45) is 11.8 Å². The van der Waals surface area contributed by atoms with Gasteiger partial charge < -0.3 is 25.6 Å². The molecule has 188 valence electrons. The molecule has 0 unspecified atom stereocenters. The summed E-state index contributed by atoms with van der Waals surface area (Å²) in [5, 5.41) is 8.35. The van der Waals surface area contributed by atoms with Crippen LogP contribution in [-0.4, -0.2) is 66.9 Å². The van der Waals surface area contributed by atoms with Gasteiger partial charge in [0.2, 0.25) is 11.8 Å². The minimum atomic E-state index is -0.855. The highest BCUT2D eigenvalue weighted by Crippen LogP contribution is 2.14. The Bertz CT molecular complexity index is 843. The van der Waals surface area contributed by atoms with Crippen molar-refractivity contribution in [3.8, 4) is 0 Å². The van der Waals surface area contributed by atoms with Gasteiger partial charge in [-0.15, -0.1) is 0 Å². The van der Waals surface area contributed by atoms with Crippen LogP contribution in [-0.2, 0) is 25.7 Å². The van der Waals surface area contributed by atoms with E-state index in [4.69, 9.17) is 4.74 Å². The zero-order chi connectivity index (χ0) is 25.3. The predicted octanol–water partition coefficient (Wildman–Crippen LogP) is 1.86. The fraction of sp³-hybridized carbons (Fsp3) is 0.600. The van der Waals surface area contributed by atoms with E-state index in [-0.39, 0.29) is 43.3 Å². The van der Waals surface area contributed by atoms with Crippen molar-refractivity contribution in [2.45, 2.75) is 65.3 Å². The van der Waals surface area contributed by atoms with Crippen LogP contribution in [0.25, 0.3) is 0 Å². The fourth-order valence-corrected chi connectivity index (χ4v) is 3.90. The first-order valence-electron chi connectivity index (χ1n) is 11.9. The molecule has 1 fully saturated rings. The Morgan fingerprint density at radius 3 is 2.24 bits per heavy atom. The molecule has 9 nitrogen and oxygen atoms in total.